The average molecular weight is 300 g/mol. The Labute approximate surface area is 122 Å². The lowest BCUT2D eigenvalue weighted by atomic mass is 9.98. The summed E-state index contributed by atoms with van der Waals surface area (Å²) < 4.78 is 4.74. The van der Waals surface area contributed by atoms with Gasteiger partial charge in [-0.2, -0.15) is 0 Å². The van der Waals surface area contributed by atoms with Crippen LogP contribution in [-0.2, 0) is 14.3 Å². The van der Waals surface area contributed by atoms with Gasteiger partial charge in [0.1, 0.15) is 0 Å². The molecule has 0 aromatic carbocycles. The van der Waals surface area contributed by atoms with Crippen LogP contribution in [0.15, 0.2) is 0 Å². The van der Waals surface area contributed by atoms with Crippen molar-refractivity contribution < 1.29 is 19.1 Å². The molecule has 0 N–H and O–H groups in total. The lowest BCUT2D eigenvalue weighted by Gasteiger charge is -2.31. The molecule has 7 heteroatoms. The number of hydrogen-bond donors (Lipinski definition) is 0. The smallest absolute Gasteiger partial charge is 0.310 e. The van der Waals surface area contributed by atoms with E-state index in [1.165, 1.54) is 18.9 Å². The third-order valence-electron chi connectivity index (χ3n) is 3.75. The van der Waals surface area contributed by atoms with Gasteiger partial charge in [-0.3, -0.25) is 14.4 Å². The summed E-state index contributed by atoms with van der Waals surface area (Å²) in [5.74, 6) is 0.375. The van der Waals surface area contributed by atoms with Crippen molar-refractivity contribution in [3.8, 4) is 0 Å². The maximum atomic E-state index is 12.1. The van der Waals surface area contributed by atoms with Crippen molar-refractivity contribution in [2.45, 2.75) is 19.3 Å². The minimum absolute atomic E-state index is 0.0169. The summed E-state index contributed by atoms with van der Waals surface area (Å²) in [5.41, 5.74) is 0. The van der Waals surface area contributed by atoms with Crippen LogP contribution < -0.4 is 0 Å². The Balaban J connectivity index is 1.79. The number of carbonyl (C=O) groups is 3. The molecule has 6 nitrogen and oxygen atoms in total. The van der Waals surface area contributed by atoms with Crippen molar-refractivity contribution in [2.24, 2.45) is 5.92 Å². The lowest BCUT2D eigenvalue weighted by Crippen LogP contribution is -2.43. The molecule has 0 aliphatic carbocycles. The van der Waals surface area contributed by atoms with Crippen LogP contribution in [0.1, 0.15) is 19.3 Å². The quantitative estimate of drug-likeness (QED) is 0.723. The third kappa shape index (κ3) is 3.65. The zero-order chi connectivity index (χ0) is 14.5. The number of rotatable bonds is 4. The number of amides is 2. The second kappa shape index (κ2) is 6.97. The molecule has 2 saturated heterocycles. The highest BCUT2D eigenvalue weighted by molar-refractivity contribution is 8.13. The number of thioether (sulfide) groups is 1. The van der Waals surface area contributed by atoms with Gasteiger partial charge < -0.3 is 14.5 Å². The van der Waals surface area contributed by atoms with Gasteiger partial charge in [0.15, 0.2) is 0 Å². The molecule has 2 heterocycles. The van der Waals surface area contributed by atoms with Crippen LogP contribution in [0.4, 0.5) is 4.79 Å². The van der Waals surface area contributed by atoms with Gasteiger partial charge in [-0.15, -0.1) is 0 Å². The van der Waals surface area contributed by atoms with Crippen molar-refractivity contribution >= 4 is 28.9 Å². The van der Waals surface area contributed by atoms with E-state index in [0.717, 1.165) is 25.1 Å². The molecule has 112 valence electrons. The molecule has 0 radical (unpaired) electrons. The fraction of sp³-hybridized carbons (Fsp3) is 0.769. The predicted molar refractivity (Wildman–Crippen MR) is 75.4 cm³/mol. The van der Waals surface area contributed by atoms with Gasteiger partial charge >= 0.3 is 5.97 Å². The number of methoxy groups -OCH3 is 1. The van der Waals surface area contributed by atoms with Gasteiger partial charge in [-0.25, -0.2) is 0 Å². The summed E-state index contributed by atoms with van der Waals surface area (Å²) in [6.45, 7) is 2.33. The first-order valence-corrected chi connectivity index (χ1v) is 7.87. The Bertz CT molecular complexity index is 402. The standard InChI is InChI=1S/C13H20N2O4S/c1-19-12(17)10-3-2-5-15(9-10)11(16)4-6-14-7-8-20-13(14)18/h10H,2-9H2,1H3. The van der Waals surface area contributed by atoms with Crippen LogP contribution in [0.3, 0.4) is 0 Å². The van der Waals surface area contributed by atoms with Crippen LogP contribution in [-0.4, -0.2) is 66.0 Å². The molecule has 0 bridgehead atoms. The van der Waals surface area contributed by atoms with Crippen molar-refractivity contribution in [2.75, 3.05) is 39.0 Å². The zero-order valence-corrected chi connectivity index (χ0v) is 12.5. The number of nitrogens with zero attached hydrogens (tertiary/aromatic N) is 2. The minimum Gasteiger partial charge on any atom is -0.469 e. The van der Waals surface area contributed by atoms with E-state index in [1.54, 1.807) is 9.80 Å². The highest BCUT2D eigenvalue weighted by Gasteiger charge is 2.29. The Hall–Kier alpha value is -1.24. The molecule has 2 aliphatic rings. The first-order valence-electron chi connectivity index (χ1n) is 6.89. The summed E-state index contributed by atoms with van der Waals surface area (Å²) in [7, 11) is 1.37. The summed E-state index contributed by atoms with van der Waals surface area (Å²) >= 11 is 1.30. The van der Waals surface area contributed by atoms with Crippen LogP contribution in [0, 0.1) is 5.92 Å². The molecule has 2 aliphatic heterocycles. The third-order valence-corrected chi connectivity index (χ3v) is 4.64. The Kier molecular flexibility index (Phi) is 5.28. The van der Waals surface area contributed by atoms with Crippen molar-refractivity contribution in [1.29, 1.82) is 0 Å². The number of ether oxygens (including phenoxy) is 1. The average Bonchev–Trinajstić information content (AvgIpc) is 2.89. The molecule has 2 rings (SSSR count). The molecule has 0 saturated carbocycles. The van der Waals surface area contributed by atoms with E-state index in [9.17, 15) is 14.4 Å². The van der Waals surface area contributed by atoms with E-state index in [0.29, 0.717) is 26.1 Å². The molecule has 1 atom stereocenters. The maximum absolute atomic E-state index is 12.1. The van der Waals surface area contributed by atoms with Gasteiger partial charge in [0, 0.05) is 38.4 Å². The van der Waals surface area contributed by atoms with Crippen LogP contribution in [0.25, 0.3) is 0 Å². The molecule has 0 spiro atoms. The highest BCUT2D eigenvalue weighted by Crippen LogP contribution is 2.20. The van der Waals surface area contributed by atoms with E-state index in [2.05, 4.69) is 0 Å². The van der Waals surface area contributed by atoms with Crippen LogP contribution in [0.5, 0.6) is 0 Å². The normalized spacial score (nSPS) is 23.1. The predicted octanol–water partition coefficient (Wildman–Crippen LogP) is 0.957. The van der Waals surface area contributed by atoms with Crippen LogP contribution in [0.2, 0.25) is 0 Å². The van der Waals surface area contributed by atoms with Gasteiger partial charge in [-0.05, 0) is 12.8 Å². The lowest BCUT2D eigenvalue weighted by molar-refractivity contribution is -0.149. The minimum atomic E-state index is -0.242. The fourth-order valence-electron chi connectivity index (χ4n) is 2.58. The molecule has 0 aromatic heterocycles. The molecule has 0 aromatic rings. The topological polar surface area (TPSA) is 66.9 Å². The number of piperidine rings is 1. The summed E-state index contributed by atoms with van der Waals surface area (Å²) in [6, 6.07) is 0. The first-order chi connectivity index (χ1) is 9.61. The van der Waals surface area contributed by atoms with E-state index in [-0.39, 0.29) is 23.0 Å². The SMILES string of the molecule is COC(=O)C1CCCN(C(=O)CCN2CCSC2=O)C1. The number of esters is 1. The summed E-state index contributed by atoms with van der Waals surface area (Å²) in [5, 5.41) is 0.0591. The van der Waals surface area contributed by atoms with E-state index in [4.69, 9.17) is 4.74 Å². The van der Waals surface area contributed by atoms with Crippen molar-refractivity contribution in [3.05, 3.63) is 0 Å². The van der Waals surface area contributed by atoms with Crippen molar-refractivity contribution in [3.63, 3.8) is 0 Å². The number of hydrogen-bond acceptors (Lipinski definition) is 5. The Morgan fingerprint density at radius 1 is 1.40 bits per heavy atom. The molecule has 2 fully saturated rings. The monoisotopic (exact) mass is 300 g/mol. The van der Waals surface area contributed by atoms with E-state index >= 15 is 0 Å². The second-order valence-electron chi connectivity index (χ2n) is 5.05. The first kappa shape index (κ1) is 15.2. The number of carbonyl (C=O) groups excluding carboxylic acids is 3. The zero-order valence-electron chi connectivity index (χ0n) is 11.7. The fourth-order valence-corrected chi connectivity index (χ4v) is 3.43. The molecule has 20 heavy (non-hydrogen) atoms. The largest absolute Gasteiger partial charge is 0.469 e. The Morgan fingerprint density at radius 3 is 2.85 bits per heavy atom. The maximum Gasteiger partial charge on any atom is 0.310 e. The molecule has 1 unspecified atom stereocenters. The molecule has 2 amide bonds. The van der Waals surface area contributed by atoms with Gasteiger partial charge in [0.05, 0.1) is 13.0 Å². The Morgan fingerprint density at radius 2 is 2.20 bits per heavy atom. The molecular weight excluding hydrogens is 280 g/mol. The number of likely N-dealkylation sites (tertiary alicyclic amines) is 1. The van der Waals surface area contributed by atoms with Gasteiger partial charge in [0.2, 0.25) is 5.91 Å². The molecular formula is C13H20N2O4S. The van der Waals surface area contributed by atoms with Crippen LogP contribution >= 0.6 is 11.8 Å². The summed E-state index contributed by atoms with van der Waals surface area (Å²) in [6.07, 6.45) is 1.93. The van der Waals surface area contributed by atoms with Gasteiger partial charge in [-0.1, -0.05) is 11.8 Å². The van der Waals surface area contributed by atoms with E-state index in [1.807, 2.05) is 0 Å². The van der Waals surface area contributed by atoms with Crippen molar-refractivity contribution in [1.82, 2.24) is 9.80 Å². The summed E-state index contributed by atoms with van der Waals surface area (Å²) in [4.78, 5) is 38.6. The van der Waals surface area contributed by atoms with E-state index < -0.39 is 0 Å². The second-order valence-corrected chi connectivity index (χ2v) is 6.10. The highest BCUT2D eigenvalue weighted by atomic mass is 32.2. The van der Waals surface area contributed by atoms with Gasteiger partial charge in [0.25, 0.3) is 5.24 Å².